The average molecular weight is 377 g/mol. The summed E-state index contributed by atoms with van der Waals surface area (Å²) in [7, 11) is 1.64. The number of nitrogens with zero attached hydrogens (tertiary/aromatic N) is 1. The van der Waals surface area contributed by atoms with Crippen LogP contribution < -0.4 is 10.1 Å². The van der Waals surface area contributed by atoms with Gasteiger partial charge in [-0.15, -0.1) is 11.3 Å². The van der Waals surface area contributed by atoms with Crippen molar-refractivity contribution in [2.24, 2.45) is 0 Å². The molecule has 0 spiro atoms. The fraction of sp³-hybridized carbons (Fsp3) is 0.143. The second-order valence-electron chi connectivity index (χ2n) is 6.28. The van der Waals surface area contributed by atoms with Gasteiger partial charge in [-0.1, -0.05) is 12.1 Å². The van der Waals surface area contributed by atoms with Crippen LogP contribution in [-0.2, 0) is 11.2 Å². The van der Waals surface area contributed by atoms with Gasteiger partial charge in [-0.2, -0.15) is 0 Å². The fourth-order valence-electron chi connectivity index (χ4n) is 3.06. The van der Waals surface area contributed by atoms with Crippen LogP contribution in [0.5, 0.6) is 5.75 Å². The Morgan fingerprint density at radius 2 is 2.15 bits per heavy atom. The Morgan fingerprint density at radius 3 is 2.93 bits per heavy atom. The average Bonchev–Trinajstić information content (AvgIpc) is 3.28. The van der Waals surface area contributed by atoms with Gasteiger partial charge in [0.15, 0.2) is 0 Å². The highest BCUT2D eigenvalue weighted by atomic mass is 32.1. The van der Waals surface area contributed by atoms with Gasteiger partial charge in [-0.05, 0) is 42.8 Å². The minimum absolute atomic E-state index is 0.0645. The Labute approximate surface area is 161 Å². The van der Waals surface area contributed by atoms with E-state index in [1.165, 1.54) is 0 Å². The van der Waals surface area contributed by atoms with Crippen molar-refractivity contribution in [1.29, 1.82) is 0 Å². The first kappa shape index (κ1) is 17.3. The molecule has 2 N–H and O–H groups in total. The number of aromatic nitrogens is 2. The summed E-state index contributed by atoms with van der Waals surface area (Å²) in [6.45, 7) is 1.98. The molecule has 4 rings (SSSR count). The Hall–Kier alpha value is -3.12. The van der Waals surface area contributed by atoms with E-state index in [9.17, 15) is 4.79 Å². The number of carbonyl (C=O) groups excluding carboxylic acids is 1. The zero-order chi connectivity index (χ0) is 18.8. The zero-order valence-electron chi connectivity index (χ0n) is 15.1. The van der Waals surface area contributed by atoms with Crippen molar-refractivity contribution in [2.45, 2.75) is 13.3 Å². The van der Waals surface area contributed by atoms with Crippen LogP contribution in [0.25, 0.3) is 22.2 Å². The molecular formula is C21H19N3O2S. The van der Waals surface area contributed by atoms with E-state index in [-0.39, 0.29) is 12.3 Å². The van der Waals surface area contributed by atoms with Gasteiger partial charge in [-0.25, -0.2) is 4.98 Å². The van der Waals surface area contributed by atoms with Gasteiger partial charge in [0.1, 0.15) is 5.75 Å². The van der Waals surface area contributed by atoms with Crippen molar-refractivity contribution >= 4 is 33.8 Å². The first-order valence-electron chi connectivity index (χ1n) is 8.59. The molecule has 0 saturated carbocycles. The van der Waals surface area contributed by atoms with Crippen LogP contribution >= 0.6 is 11.3 Å². The van der Waals surface area contributed by atoms with Crippen molar-refractivity contribution in [3.8, 4) is 17.0 Å². The largest absolute Gasteiger partial charge is 0.497 e. The van der Waals surface area contributed by atoms with E-state index in [0.29, 0.717) is 0 Å². The molecule has 2 aromatic heterocycles. The second kappa shape index (κ2) is 7.25. The number of thiazole rings is 1. The maximum atomic E-state index is 12.6. The first-order valence-corrected chi connectivity index (χ1v) is 9.47. The highest BCUT2D eigenvalue weighted by Crippen LogP contribution is 2.26. The summed E-state index contributed by atoms with van der Waals surface area (Å²) < 4.78 is 5.28. The molecule has 2 heterocycles. The molecule has 0 fully saturated rings. The predicted molar refractivity (Wildman–Crippen MR) is 109 cm³/mol. The summed E-state index contributed by atoms with van der Waals surface area (Å²) >= 11 is 1.61. The Bertz CT molecular complexity index is 1110. The number of amides is 1. The van der Waals surface area contributed by atoms with Crippen LogP contribution in [0.2, 0.25) is 0 Å². The number of hydrogen-bond donors (Lipinski definition) is 2. The van der Waals surface area contributed by atoms with E-state index in [1.54, 1.807) is 18.4 Å². The number of methoxy groups -OCH3 is 1. The van der Waals surface area contributed by atoms with E-state index in [1.807, 2.05) is 61.0 Å². The van der Waals surface area contributed by atoms with Crippen molar-refractivity contribution in [3.63, 3.8) is 0 Å². The van der Waals surface area contributed by atoms with E-state index in [4.69, 9.17) is 4.74 Å². The standard InChI is InChI=1S/C21H19N3O2S/c1-13-23-20(12-27-13)14-4-3-5-16(8-14)24-21(25)9-15-11-22-19-7-6-17(26-2)10-18(15)19/h3-8,10-12,22H,9H2,1-2H3,(H,24,25). The van der Waals surface area contributed by atoms with Gasteiger partial charge in [0.25, 0.3) is 0 Å². The maximum absolute atomic E-state index is 12.6. The molecule has 0 atom stereocenters. The van der Waals surface area contributed by atoms with Crippen molar-refractivity contribution < 1.29 is 9.53 Å². The molecule has 1 amide bonds. The molecule has 5 nitrogen and oxygen atoms in total. The summed E-state index contributed by atoms with van der Waals surface area (Å²) in [5.74, 6) is 0.709. The van der Waals surface area contributed by atoms with Gasteiger partial charge in [0.2, 0.25) is 5.91 Å². The van der Waals surface area contributed by atoms with Gasteiger partial charge in [0.05, 0.1) is 24.2 Å². The minimum Gasteiger partial charge on any atom is -0.497 e. The molecule has 6 heteroatoms. The molecule has 0 aliphatic carbocycles. The quantitative estimate of drug-likeness (QED) is 0.525. The predicted octanol–water partition coefficient (Wildman–Crippen LogP) is 4.79. The highest BCUT2D eigenvalue weighted by molar-refractivity contribution is 7.09. The first-order chi connectivity index (χ1) is 13.1. The van der Waals surface area contributed by atoms with Crippen LogP contribution in [0.3, 0.4) is 0 Å². The van der Waals surface area contributed by atoms with Gasteiger partial charge in [-0.3, -0.25) is 4.79 Å². The van der Waals surface area contributed by atoms with E-state index in [2.05, 4.69) is 15.3 Å². The molecule has 0 bridgehead atoms. The molecule has 0 aliphatic heterocycles. The SMILES string of the molecule is COc1ccc2[nH]cc(CC(=O)Nc3cccc(-c4csc(C)n4)c3)c2c1. The number of ether oxygens (including phenoxy) is 1. The van der Waals surface area contributed by atoms with Crippen LogP contribution in [0.15, 0.2) is 54.0 Å². The Balaban J connectivity index is 1.52. The van der Waals surface area contributed by atoms with Crippen molar-refractivity contribution in [3.05, 3.63) is 64.6 Å². The normalized spacial score (nSPS) is 10.9. The summed E-state index contributed by atoms with van der Waals surface area (Å²) in [5.41, 5.74) is 4.61. The van der Waals surface area contributed by atoms with Gasteiger partial charge >= 0.3 is 0 Å². The number of nitrogens with one attached hydrogen (secondary N) is 2. The Kier molecular flexibility index (Phi) is 4.64. The molecular weight excluding hydrogens is 358 g/mol. The lowest BCUT2D eigenvalue weighted by molar-refractivity contribution is -0.115. The van der Waals surface area contributed by atoms with Crippen molar-refractivity contribution in [2.75, 3.05) is 12.4 Å². The third kappa shape index (κ3) is 3.71. The number of aryl methyl sites for hydroxylation is 1. The number of carbonyl (C=O) groups is 1. The lowest BCUT2D eigenvalue weighted by Crippen LogP contribution is -2.14. The summed E-state index contributed by atoms with van der Waals surface area (Å²) in [6, 6.07) is 13.6. The van der Waals surface area contributed by atoms with Crippen LogP contribution in [0.1, 0.15) is 10.6 Å². The van der Waals surface area contributed by atoms with E-state index >= 15 is 0 Å². The lowest BCUT2D eigenvalue weighted by Gasteiger charge is -2.07. The van der Waals surface area contributed by atoms with Gasteiger partial charge < -0.3 is 15.0 Å². The Morgan fingerprint density at radius 1 is 1.26 bits per heavy atom. The molecule has 27 heavy (non-hydrogen) atoms. The smallest absolute Gasteiger partial charge is 0.228 e. The summed E-state index contributed by atoms with van der Waals surface area (Å²) in [4.78, 5) is 20.3. The summed E-state index contributed by atoms with van der Waals surface area (Å²) in [6.07, 6.45) is 2.16. The molecule has 136 valence electrons. The molecule has 0 unspecified atom stereocenters. The molecule has 0 aliphatic rings. The molecule has 2 aromatic carbocycles. The third-order valence-corrected chi connectivity index (χ3v) is 5.16. The second-order valence-corrected chi connectivity index (χ2v) is 7.35. The van der Waals surface area contributed by atoms with E-state index < -0.39 is 0 Å². The fourth-order valence-corrected chi connectivity index (χ4v) is 3.68. The minimum atomic E-state index is -0.0645. The van der Waals surface area contributed by atoms with Crippen LogP contribution in [-0.4, -0.2) is 23.0 Å². The number of benzene rings is 2. The number of H-pyrrole nitrogens is 1. The number of aromatic amines is 1. The zero-order valence-corrected chi connectivity index (χ0v) is 15.9. The number of fused-ring (bicyclic) bond motifs is 1. The molecule has 0 saturated heterocycles. The molecule has 4 aromatic rings. The van der Waals surface area contributed by atoms with Gasteiger partial charge in [0, 0.05) is 33.7 Å². The molecule has 0 radical (unpaired) electrons. The topological polar surface area (TPSA) is 67.0 Å². The van der Waals surface area contributed by atoms with E-state index in [0.717, 1.165) is 44.2 Å². The number of hydrogen-bond acceptors (Lipinski definition) is 4. The highest BCUT2D eigenvalue weighted by Gasteiger charge is 2.11. The third-order valence-electron chi connectivity index (χ3n) is 4.39. The summed E-state index contributed by atoms with van der Waals surface area (Å²) in [5, 5.41) is 7.02. The number of anilines is 1. The van der Waals surface area contributed by atoms with Crippen molar-refractivity contribution in [1.82, 2.24) is 9.97 Å². The van der Waals surface area contributed by atoms with Crippen LogP contribution in [0, 0.1) is 6.92 Å². The number of rotatable bonds is 5. The lowest BCUT2D eigenvalue weighted by atomic mass is 10.1. The maximum Gasteiger partial charge on any atom is 0.228 e. The monoisotopic (exact) mass is 377 g/mol. The van der Waals surface area contributed by atoms with Crippen LogP contribution in [0.4, 0.5) is 5.69 Å².